The Balaban J connectivity index is 1.24. The van der Waals surface area contributed by atoms with E-state index in [9.17, 15) is 0 Å². The molecule has 0 bridgehead atoms. The van der Waals surface area contributed by atoms with Gasteiger partial charge in [0, 0.05) is 75.3 Å². The maximum absolute atomic E-state index is 5.37. The maximum Gasteiger partial charge on any atom is 0.155 e. The molecule has 10 aromatic rings. The van der Waals surface area contributed by atoms with E-state index in [0.717, 1.165) is 55.9 Å². The molecule has 1 unspecified atom stereocenters. The highest BCUT2D eigenvalue weighted by Crippen LogP contribution is 2.42. The van der Waals surface area contributed by atoms with Crippen molar-refractivity contribution in [3.8, 4) is 22.5 Å². The third-order valence-corrected chi connectivity index (χ3v) is 11.0. The van der Waals surface area contributed by atoms with Gasteiger partial charge in [0.1, 0.15) is 0 Å². The zero-order valence-electron chi connectivity index (χ0n) is 30.4. The number of para-hydroxylation sites is 3. The molecule has 0 saturated carbocycles. The zero-order valence-corrected chi connectivity index (χ0v) is 30.4. The highest BCUT2D eigenvalue weighted by molar-refractivity contribution is 6.24. The molecule has 56 heavy (non-hydrogen) atoms. The van der Waals surface area contributed by atoms with Gasteiger partial charge in [-0.15, -0.1) is 0 Å². The molecule has 6 nitrogen and oxygen atoms in total. The molecule has 0 radical (unpaired) electrons. The van der Waals surface area contributed by atoms with Crippen molar-refractivity contribution in [2.75, 3.05) is 0 Å². The number of amidine groups is 1. The van der Waals surface area contributed by atoms with Crippen LogP contribution in [0.4, 0.5) is 0 Å². The predicted molar refractivity (Wildman–Crippen MR) is 229 cm³/mol. The van der Waals surface area contributed by atoms with E-state index in [1.165, 1.54) is 32.6 Å². The van der Waals surface area contributed by atoms with Crippen LogP contribution in [0.5, 0.6) is 0 Å². The number of rotatable bonds is 6. The highest BCUT2D eigenvalue weighted by Gasteiger charge is 2.25. The van der Waals surface area contributed by atoms with E-state index in [1.807, 2.05) is 30.7 Å². The van der Waals surface area contributed by atoms with Crippen LogP contribution in [0.1, 0.15) is 29.2 Å². The number of pyridine rings is 2. The summed E-state index contributed by atoms with van der Waals surface area (Å²) in [5.74, 6) is 0.687. The Morgan fingerprint density at radius 2 is 1.04 bits per heavy atom. The molecule has 1 atom stereocenters. The summed E-state index contributed by atoms with van der Waals surface area (Å²) >= 11 is 0. The topological polar surface area (TPSA) is 60.4 Å². The molecule has 4 aromatic heterocycles. The van der Waals surface area contributed by atoms with Crippen molar-refractivity contribution >= 4 is 55.2 Å². The molecule has 0 amide bonds. The number of benzene rings is 6. The minimum atomic E-state index is -0.148. The molecule has 0 aliphatic carbocycles. The molecule has 1 aliphatic heterocycles. The lowest BCUT2D eigenvalue weighted by Gasteiger charge is -2.22. The van der Waals surface area contributed by atoms with Crippen LogP contribution in [-0.2, 0) is 0 Å². The molecule has 11 rings (SSSR count). The maximum atomic E-state index is 5.37. The van der Waals surface area contributed by atoms with Gasteiger partial charge in [-0.2, -0.15) is 0 Å². The lowest BCUT2D eigenvalue weighted by atomic mass is 9.96. The van der Waals surface area contributed by atoms with E-state index >= 15 is 0 Å². The van der Waals surface area contributed by atoms with Gasteiger partial charge in [-0.25, -0.2) is 4.99 Å². The zero-order chi connectivity index (χ0) is 37.0. The van der Waals surface area contributed by atoms with Crippen molar-refractivity contribution in [2.24, 2.45) is 9.98 Å². The quantitative estimate of drug-likeness (QED) is 0.172. The first-order valence-electron chi connectivity index (χ1n) is 19.0. The number of aliphatic imine (C=N–C) groups is 2. The average Bonchev–Trinajstić information content (AvgIpc) is 3.80. The molecule has 0 fully saturated rings. The number of fused-ring (bicyclic) bond motifs is 7. The van der Waals surface area contributed by atoms with E-state index in [-0.39, 0.29) is 6.04 Å². The fourth-order valence-electron chi connectivity index (χ4n) is 8.48. The molecule has 6 heteroatoms. The van der Waals surface area contributed by atoms with Crippen molar-refractivity contribution in [1.82, 2.24) is 19.1 Å². The van der Waals surface area contributed by atoms with Gasteiger partial charge in [-0.3, -0.25) is 15.0 Å². The summed E-state index contributed by atoms with van der Waals surface area (Å²) in [4.78, 5) is 19.6. The van der Waals surface area contributed by atoms with Crippen molar-refractivity contribution in [1.29, 1.82) is 0 Å². The average molecular weight is 719 g/mol. The first kappa shape index (κ1) is 32.0. The molecule has 0 saturated heterocycles. The molecule has 264 valence electrons. The summed E-state index contributed by atoms with van der Waals surface area (Å²) in [6.07, 6.45) is 8.07. The highest BCUT2D eigenvalue weighted by atomic mass is 15.0. The van der Waals surface area contributed by atoms with Crippen molar-refractivity contribution in [2.45, 2.75) is 12.5 Å². The third-order valence-electron chi connectivity index (χ3n) is 11.0. The smallest absolute Gasteiger partial charge is 0.155 e. The SMILES string of the molecule is c1ccc(-c2cc(C3=NC(c4cccnc4)CC(c4cccnc4)=N3)cc(-n3c4ccccc4c4ccc5c6ccccc6n(-c6ccccc6)c5c43)c2)cc1. The second-order valence-corrected chi connectivity index (χ2v) is 14.3. The van der Waals surface area contributed by atoms with Gasteiger partial charge in [0.05, 0.1) is 33.8 Å². The Kier molecular flexibility index (Phi) is 7.52. The fraction of sp³-hybridized carbons (Fsp3) is 0.0400. The standard InChI is InChI=1S/C50H34N6/c1-3-13-33(14-4-1)36-27-37(50-53-44(34-15-11-25-51-31-34)30-45(54-50)35-16-12-26-52-32-35)29-39(28-36)56-47-22-10-8-20-41(47)43-24-23-42-40-19-7-9-21-46(40)55(48(42)49(43)56)38-17-5-2-6-18-38/h1-29,31-32,44H,30H2. The van der Waals surface area contributed by atoms with Gasteiger partial charge in [0.15, 0.2) is 5.84 Å². The normalized spacial score (nSPS) is 14.4. The van der Waals surface area contributed by atoms with Crippen LogP contribution in [0.2, 0.25) is 0 Å². The predicted octanol–water partition coefficient (Wildman–Crippen LogP) is 11.7. The lowest BCUT2D eigenvalue weighted by Crippen LogP contribution is -2.18. The first-order chi connectivity index (χ1) is 27.8. The minimum absolute atomic E-state index is 0.148. The van der Waals surface area contributed by atoms with Gasteiger partial charge < -0.3 is 9.13 Å². The molecule has 5 heterocycles. The summed E-state index contributed by atoms with van der Waals surface area (Å²) in [7, 11) is 0. The number of nitrogens with zero attached hydrogens (tertiary/aromatic N) is 6. The van der Waals surface area contributed by atoms with Crippen LogP contribution in [0.3, 0.4) is 0 Å². The van der Waals surface area contributed by atoms with Crippen LogP contribution >= 0.6 is 0 Å². The van der Waals surface area contributed by atoms with E-state index in [1.54, 1.807) is 6.20 Å². The molecule has 0 spiro atoms. The largest absolute Gasteiger partial charge is 0.307 e. The van der Waals surface area contributed by atoms with Crippen molar-refractivity contribution in [3.63, 3.8) is 0 Å². The van der Waals surface area contributed by atoms with Crippen molar-refractivity contribution < 1.29 is 0 Å². The summed E-state index contributed by atoms with van der Waals surface area (Å²) in [6, 6.07) is 58.2. The second-order valence-electron chi connectivity index (χ2n) is 14.3. The van der Waals surface area contributed by atoms with E-state index < -0.39 is 0 Å². The Hall–Kier alpha value is -7.44. The van der Waals surface area contributed by atoms with Crippen LogP contribution < -0.4 is 0 Å². The van der Waals surface area contributed by atoms with Gasteiger partial charge in [-0.1, -0.05) is 109 Å². The van der Waals surface area contributed by atoms with Gasteiger partial charge in [0.2, 0.25) is 0 Å². The van der Waals surface area contributed by atoms with E-state index in [0.29, 0.717) is 12.3 Å². The number of hydrogen-bond acceptors (Lipinski definition) is 4. The summed E-state index contributed by atoms with van der Waals surface area (Å²) < 4.78 is 4.88. The van der Waals surface area contributed by atoms with E-state index in [2.05, 4.69) is 171 Å². The molecular formula is C50H34N6. The molecule has 0 N–H and O–H groups in total. The summed E-state index contributed by atoms with van der Waals surface area (Å²) in [6.45, 7) is 0. The fourth-order valence-corrected chi connectivity index (χ4v) is 8.48. The van der Waals surface area contributed by atoms with Gasteiger partial charge >= 0.3 is 0 Å². The number of hydrogen-bond donors (Lipinski definition) is 0. The molecule has 1 aliphatic rings. The van der Waals surface area contributed by atoms with Crippen molar-refractivity contribution in [3.05, 3.63) is 205 Å². The lowest BCUT2D eigenvalue weighted by molar-refractivity contribution is 0.749. The summed E-state index contributed by atoms with van der Waals surface area (Å²) in [5.41, 5.74) is 12.9. The van der Waals surface area contributed by atoms with E-state index in [4.69, 9.17) is 9.98 Å². The Morgan fingerprint density at radius 1 is 0.446 bits per heavy atom. The van der Waals surface area contributed by atoms with Crippen LogP contribution in [-0.4, -0.2) is 30.6 Å². The minimum Gasteiger partial charge on any atom is -0.307 e. The Bertz CT molecular complexity index is 3140. The second kappa shape index (κ2) is 13.1. The van der Waals surface area contributed by atoms with Crippen LogP contribution in [0.15, 0.2) is 199 Å². The Morgan fingerprint density at radius 3 is 1.70 bits per heavy atom. The molecular weight excluding hydrogens is 685 g/mol. The summed E-state index contributed by atoms with van der Waals surface area (Å²) in [5, 5.41) is 4.83. The monoisotopic (exact) mass is 718 g/mol. The molecule has 6 aromatic carbocycles. The first-order valence-corrected chi connectivity index (χ1v) is 19.0. The van der Waals surface area contributed by atoms with Gasteiger partial charge in [-0.05, 0) is 71.3 Å². The number of aromatic nitrogens is 4. The van der Waals surface area contributed by atoms with Crippen LogP contribution in [0, 0.1) is 0 Å². The third kappa shape index (κ3) is 5.26. The van der Waals surface area contributed by atoms with Gasteiger partial charge in [0.25, 0.3) is 0 Å². The van der Waals surface area contributed by atoms with Crippen LogP contribution in [0.25, 0.3) is 66.1 Å². The Labute approximate surface area is 323 Å².